The number of aromatic nitrogens is 4. The Hall–Kier alpha value is -2.86. The molecule has 0 N–H and O–H groups in total. The third-order valence-electron chi connectivity index (χ3n) is 4.51. The summed E-state index contributed by atoms with van der Waals surface area (Å²) in [6, 6.07) is 11.8. The van der Waals surface area contributed by atoms with Crippen molar-refractivity contribution in [3.05, 3.63) is 87.7 Å². The van der Waals surface area contributed by atoms with E-state index in [1.165, 1.54) is 11.1 Å². The molecule has 4 aromatic rings. The Balaban J connectivity index is 1.64. The fraction of sp³-hybridized carbons (Fsp3) is 0.190. The summed E-state index contributed by atoms with van der Waals surface area (Å²) in [6.45, 7) is 6.16. The Morgan fingerprint density at radius 1 is 1.04 bits per heavy atom. The smallest absolute Gasteiger partial charge is 0.258 e. The monoisotopic (exact) mass is 376 g/mol. The molecule has 0 unspecified atom stereocenters. The molecule has 0 aliphatic heterocycles. The predicted molar refractivity (Wildman–Crippen MR) is 109 cm³/mol. The number of hydrogen-bond acceptors (Lipinski definition) is 4. The molecule has 5 nitrogen and oxygen atoms in total. The van der Waals surface area contributed by atoms with E-state index in [4.69, 9.17) is 0 Å². The number of aryl methyl sites for hydroxylation is 3. The van der Waals surface area contributed by atoms with Crippen molar-refractivity contribution in [2.75, 3.05) is 0 Å². The Morgan fingerprint density at radius 2 is 1.89 bits per heavy atom. The Kier molecular flexibility index (Phi) is 4.58. The van der Waals surface area contributed by atoms with E-state index >= 15 is 0 Å². The molecule has 0 atom stereocenters. The standard InChI is InChI=1S/C21H20N4OS/c1-14-6-7-18(16(3)11-14)24-10-8-22-21(24)27-13-17-12-19(26)25-9-4-5-15(2)20(25)23-17/h4-12H,13H2,1-3H3. The predicted octanol–water partition coefficient (Wildman–Crippen LogP) is 4.10. The van der Waals surface area contributed by atoms with E-state index in [9.17, 15) is 4.79 Å². The van der Waals surface area contributed by atoms with Crippen LogP contribution in [0.2, 0.25) is 0 Å². The van der Waals surface area contributed by atoms with E-state index in [1.807, 2.05) is 25.3 Å². The lowest BCUT2D eigenvalue weighted by Crippen LogP contribution is -2.15. The number of pyridine rings is 1. The normalized spacial score (nSPS) is 11.2. The Morgan fingerprint density at radius 3 is 2.70 bits per heavy atom. The quantitative estimate of drug-likeness (QED) is 0.503. The van der Waals surface area contributed by atoms with Crippen molar-refractivity contribution in [2.45, 2.75) is 31.7 Å². The van der Waals surface area contributed by atoms with Crippen molar-refractivity contribution in [1.82, 2.24) is 18.9 Å². The summed E-state index contributed by atoms with van der Waals surface area (Å²) < 4.78 is 3.67. The van der Waals surface area contributed by atoms with Crippen LogP contribution < -0.4 is 5.56 Å². The van der Waals surface area contributed by atoms with Gasteiger partial charge in [0, 0.05) is 30.4 Å². The van der Waals surface area contributed by atoms with Crippen LogP contribution in [-0.2, 0) is 5.75 Å². The van der Waals surface area contributed by atoms with Crippen molar-refractivity contribution in [2.24, 2.45) is 0 Å². The number of rotatable bonds is 4. The lowest BCUT2D eigenvalue weighted by atomic mass is 10.1. The number of fused-ring (bicyclic) bond motifs is 1. The molecule has 0 saturated heterocycles. The summed E-state index contributed by atoms with van der Waals surface area (Å²) in [5.41, 5.74) is 5.94. The second-order valence-corrected chi connectivity index (χ2v) is 7.57. The molecule has 1 aromatic carbocycles. The van der Waals surface area contributed by atoms with Crippen molar-refractivity contribution in [3.63, 3.8) is 0 Å². The largest absolute Gasteiger partial charge is 0.295 e. The molecule has 0 fully saturated rings. The zero-order chi connectivity index (χ0) is 19.0. The van der Waals surface area contributed by atoms with Gasteiger partial charge in [-0.3, -0.25) is 13.8 Å². The average Bonchev–Trinajstić information content (AvgIpc) is 3.09. The van der Waals surface area contributed by atoms with Crippen LogP contribution in [0.1, 0.15) is 22.4 Å². The van der Waals surface area contributed by atoms with Crippen molar-refractivity contribution >= 4 is 17.4 Å². The van der Waals surface area contributed by atoms with Gasteiger partial charge in [-0.2, -0.15) is 0 Å². The summed E-state index contributed by atoms with van der Waals surface area (Å²) in [5, 5.41) is 0.883. The molecule has 136 valence electrons. The van der Waals surface area contributed by atoms with E-state index < -0.39 is 0 Å². The summed E-state index contributed by atoms with van der Waals surface area (Å²) >= 11 is 1.58. The van der Waals surface area contributed by atoms with Gasteiger partial charge in [-0.1, -0.05) is 35.5 Å². The van der Waals surface area contributed by atoms with Crippen LogP contribution in [0.5, 0.6) is 0 Å². The SMILES string of the molecule is Cc1ccc(-n2ccnc2SCc2cc(=O)n3cccc(C)c3n2)c(C)c1. The second-order valence-electron chi connectivity index (χ2n) is 6.63. The van der Waals surface area contributed by atoms with Crippen LogP contribution in [0.25, 0.3) is 11.3 Å². The number of imidazole rings is 1. The van der Waals surface area contributed by atoms with E-state index in [0.29, 0.717) is 11.4 Å². The molecule has 0 radical (unpaired) electrons. The minimum atomic E-state index is -0.0583. The average molecular weight is 376 g/mol. The van der Waals surface area contributed by atoms with Crippen LogP contribution >= 0.6 is 11.8 Å². The van der Waals surface area contributed by atoms with Crippen LogP contribution in [0.3, 0.4) is 0 Å². The van der Waals surface area contributed by atoms with Gasteiger partial charge in [-0.15, -0.1) is 0 Å². The third kappa shape index (κ3) is 3.40. The second kappa shape index (κ2) is 7.04. The molecular weight excluding hydrogens is 356 g/mol. The van der Waals surface area contributed by atoms with Crippen molar-refractivity contribution in [1.29, 1.82) is 0 Å². The highest BCUT2D eigenvalue weighted by Crippen LogP contribution is 2.25. The van der Waals surface area contributed by atoms with Gasteiger partial charge in [0.05, 0.1) is 11.4 Å². The Labute approximate surface area is 161 Å². The number of thioether (sulfide) groups is 1. The van der Waals surface area contributed by atoms with Gasteiger partial charge in [-0.05, 0) is 44.0 Å². The summed E-state index contributed by atoms with van der Waals surface area (Å²) in [4.78, 5) is 21.5. The molecule has 3 aromatic heterocycles. The molecule has 0 saturated carbocycles. The maximum Gasteiger partial charge on any atom is 0.258 e. The molecule has 0 aliphatic carbocycles. The minimum absolute atomic E-state index is 0.0583. The number of nitrogens with zero attached hydrogens (tertiary/aromatic N) is 4. The molecule has 27 heavy (non-hydrogen) atoms. The van der Waals surface area contributed by atoms with Gasteiger partial charge in [0.15, 0.2) is 5.16 Å². The van der Waals surface area contributed by atoms with Crippen LogP contribution in [0.15, 0.2) is 64.9 Å². The Bertz CT molecular complexity index is 1190. The van der Waals surface area contributed by atoms with Gasteiger partial charge in [0.2, 0.25) is 0 Å². The molecule has 0 spiro atoms. The zero-order valence-electron chi connectivity index (χ0n) is 15.5. The highest BCUT2D eigenvalue weighted by Gasteiger charge is 2.10. The van der Waals surface area contributed by atoms with E-state index in [-0.39, 0.29) is 5.56 Å². The van der Waals surface area contributed by atoms with E-state index in [0.717, 1.165) is 22.1 Å². The lowest BCUT2D eigenvalue weighted by Gasteiger charge is -2.11. The fourth-order valence-electron chi connectivity index (χ4n) is 3.18. The number of hydrogen-bond donors (Lipinski definition) is 0. The van der Waals surface area contributed by atoms with Gasteiger partial charge in [0.1, 0.15) is 5.65 Å². The van der Waals surface area contributed by atoms with Crippen molar-refractivity contribution in [3.8, 4) is 5.69 Å². The van der Waals surface area contributed by atoms with Crippen LogP contribution in [0.4, 0.5) is 0 Å². The number of benzene rings is 1. The maximum absolute atomic E-state index is 12.4. The van der Waals surface area contributed by atoms with Gasteiger partial charge in [0.25, 0.3) is 5.56 Å². The third-order valence-corrected chi connectivity index (χ3v) is 5.51. The summed E-state index contributed by atoms with van der Waals surface area (Å²) in [7, 11) is 0. The first-order chi connectivity index (χ1) is 13.0. The first-order valence-corrected chi connectivity index (χ1v) is 9.73. The maximum atomic E-state index is 12.4. The first kappa shape index (κ1) is 17.5. The minimum Gasteiger partial charge on any atom is -0.295 e. The fourth-order valence-corrected chi connectivity index (χ4v) is 4.04. The van der Waals surface area contributed by atoms with Gasteiger partial charge < -0.3 is 0 Å². The molecular formula is C21H20N4OS. The van der Waals surface area contributed by atoms with Gasteiger partial charge in [-0.25, -0.2) is 9.97 Å². The van der Waals surface area contributed by atoms with Crippen LogP contribution in [-0.4, -0.2) is 18.9 Å². The molecule has 4 rings (SSSR count). The molecule has 3 heterocycles. The molecule has 0 bridgehead atoms. The van der Waals surface area contributed by atoms with Crippen LogP contribution in [0, 0.1) is 20.8 Å². The highest BCUT2D eigenvalue weighted by molar-refractivity contribution is 7.98. The topological polar surface area (TPSA) is 52.2 Å². The highest BCUT2D eigenvalue weighted by atomic mass is 32.2. The zero-order valence-corrected chi connectivity index (χ0v) is 16.3. The summed E-state index contributed by atoms with van der Waals surface area (Å²) in [5.74, 6) is 0.585. The van der Waals surface area contributed by atoms with E-state index in [2.05, 4.69) is 46.6 Å². The molecule has 0 aliphatic rings. The lowest BCUT2D eigenvalue weighted by molar-refractivity contribution is 0.885. The first-order valence-electron chi connectivity index (χ1n) is 8.74. The molecule has 6 heteroatoms. The van der Waals surface area contributed by atoms with Gasteiger partial charge >= 0.3 is 0 Å². The van der Waals surface area contributed by atoms with E-state index in [1.54, 1.807) is 34.6 Å². The molecule has 0 amide bonds. The van der Waals surface area contributed by atoms with Crippen molar-refractivity contribution < 1.29 is 0 Å². The summed E-state index contributed by atoms with van der Waals surface area (Å²) in [6.07, 6.45) is 5.52.